The third-order valence-corrected chi connectivity index (χ3v) is 3.43. The van der Waals surface area contributed by atoms with E-state index in [1.165, 1.54) is 0 Å². The lowest BCUT2D eigenvalue weighted by Crippen LogP contribution is -2.34. The number of ether oxygens (including phenoxy) is 1. The number of guanidine groups is 1. The van der Waals surface area contributed by atoms with Gasteiger partial charge in [0, 0.05) is 20.2 Å². The minimum absolute atomic E-state index is 0.0102. The molecule has 0 fully saturated rings. The summed E-state index contributed by atoms with van der Waals surface area (Å²) in [5.74, 6) is 0.850. The minimum Gasteiger partial charge on any atom is -0.506 e. The molecule has 136 valence electrons. The van der Waals surface area contributed by atoms with Crippen LogP contribution in [0, 0.1) is 5.41 Å². The average molecular weight is 335 g/mol. The summed E-state index contributed by atoms with van der Waals surface area (Å²) in [5, 5.41) is 16.6. The van der Waals surface area contributed by atoms with Crippen molar-refractivity contribution < 1.29 is 9.84 Å². The van der Waals surface area contributed by atoms with Gasteiger partial charge in [-0.3, -0.25) is 4.99 Å². The maximum atomic E-state index is 10.2. The van der Waals surface area contributed by atoms with Gasteiger partial charge in [-0.2, -0.15) is 0 Å². The lowest BCUT2D eigenvalue weighted by molar-refractivity contribution is 0.204. The Morgan fingerprint density at radius 1 is 1.17 bits per heavy atom. The van der Waals surface area contributed by atoms with Crippen molar-refractivity contribution in [1.29, 1.82) is 0 Å². The highest BCUT2D eigenvalue weighted by atomic mass is 16.5. The molecule has 0 radical (unpaired) electrons. The number of aromatic hydroxyl groups is 1. The monoisotopic (exact) mass is 335 g/mol. The Morgan fingerprint density at radius 2 is 1.83 bits per heavy atom. The van der Waals surface area contributed by atoms with E-state index in [2.05, 4.69) is 57.2 Å². The van der Waals surface area contributed by atoms with Crippen molar-refractivity contribution in [3.8, 4) is 5.75 Å². The Morgan fingerprint density at radius 3 is 2.38 bits per heavy atom. The largest absolute Gasteiger partial charge is 0.506 e. The van der Waals surface area contributed by atoms with Gasteiger partial charge in [0.05, 0.1) is 12.3 Å². The van der Waals surface area contributed by atoms with Gasteiger partial charge >= 0.3 is 0 Å². The maximum Gasteiger partial charge on any atom is 0.195 e. The fourth-order valence-electron chi connectivity index (χ4n) is 1.96. The summed E-state index contributed by atoms with van der Waals surface area (Å²) in [6.07, 6.45) is 0. The first-order valence-corrected chi connectivity index (χ1v) is 8.41. The molecule has 5 heteroatoms. The lowest BCUT2D eigenvalue weighted by Gasteiger charge is -2.22. The van der Waals surface area contributed by atoms with Crippen molar-refractivity contribution in [1.82, 2.24) is 5.32 Å². The second kappa shape index (κ2) is 8.38. The first-order chi connectivity index (χ1) is 11.0. The quantitative estimate of drug-likeness (QED) is 0.332. The number of hydrogen-bond acceptors (Lipinski definition) is 3. The highest BCUT2D eigenvalue weighted by Crippen LogP contribution is 2.30. The van der Waals surface area contributed by atoms with Crippen LogP contribution >= 0.6 is 0 Å². The molecule has 0 aromatic heterocycles. The van der Waals surface area contributed by atoms with Crippen molar-refractivity contribution in [2.24, 2.45) is 10.4 Å². The number of aliphatic imine (C=N–C) groups is 1. The molecule has 0 spiro atoms. The first kappa shape index (κ1) is 20.3. The SMILES string of the molecule is COCCNC(=NCC(C)(C)C)Nc1cc(C(C)(C)C)ccc1O. The van der Waals surface area contributed by atoms with Gasteiger partial charge in [-0.25, -0.2) is 0 Å². The average Bonchev–Trinajstić information content (AvgIpc) is 2.44. The van der Waals surface area contributed by atoms with Crippen LogP contribution < -0.4 is 10.6 Å². The molecule has 0 aliphatic heterocycles. The molecule has 1 aromatic carbocycles. The van der Waals surface area contributed by atoms with Gasteiger partial charge in [0.25, 0.3) is 0 Å². The number of phenols is 1. The molecule has 0 aliphatic carbocycles. The highest BCUT2D eigenvalue weighted by Gasteiger charge is 2.16. The second-order valence-corrected chi connectivity index (χ2v) is 8.25. The molecule has 0 amide bonds. The van der Waals surface area contributed by atoms with Crippen LogP contribution in [0.25, 0.3) is 0 Å². The lowest BCUT2D eigenvalue weighted by atomic mass is 9.87. The van der Waals surface area contributed by atoms with Gasteiger partial charge in [0.15, 0.2) is 5.96 Å². The fraction of sp³-hybridized carbons (Fsp3) is 0.632. The molecule has 0 heterocycles. The van der Waals surface area contributed by atoms with Crippen LogP contribution in [0.4, 0.5) is 5.69 Å². The smallest absolute Gasteiger partial charge is 0.195 e. The maximum absolute atomic E-state index is 10.2. The molecule has 1 rings (SSSR count). The van der Waals surface area contributed by atoms with Gasteiger partial charge < -0.3 is 20.5 Å². The summed E-state index contributed by atoms with van der Waals surface area (Å²) in [4.78, 5) is 4.62. The molecule has 0 saturated heterocycles. The van der Waals surface area contributed by atoms with E-state index in [0.717, 1.165) is 5.56 Å². The predicted octanol–water partition coefficient (Wildman–Crippen LogP) is 3.74. The number of phenolic OH excluding ortho intramolecular Hbond substituents is 1. The molecule has 3 N–H and O–H groups in total. The second-order valence-electron chi connectivity index (χ2n) is 8.25. The number of benzene rings is 1. The van der Waals surface area contributed by atoms with E-state index in [0.29, 0.717) is 31.3 Å². The summed E-state index contributed by atoms with van der Waals surface area (Å²) in [7, 11) is 1.67. The van der Waals surface area contributed by atoms with Crippen LogP contribution in [0.15, 0.2) is 23.2 Å². The number of nitrogens with one attached hydrogen (secondary N) is 2. The van der Waals surface area contributed by atoms with Crippen LogP contribution in [0.5, 0.6) is 5.75 Å². The minimum atomic E-state index is 0.0102. The number of hydrogen-bond donors (Lipinski definition) is 3. The Bertz CT molecular complexity index is 555. The van der Waals surface area contributed by atoms with Crippen molar-refractivity contribution in [2.45, 2.75) is 47.0 Å². The molecule has 24 heavy (non-hydrogen) atoms. The van der Waals surface area contributed by atoms with E-state index in [1.807, 2.05) is 12.1 Å². The van der Waals surface area contributed by atoms with Crippen LogP contribution in [-0.2, 0) is 10.2 Å². The zero-order valence-electron chi connectivity index (χ0n) is 16.2. The number of rotatable bonds is 5. The molecule has 0 atom stereocenters. The van der Waals surface area contributed by atoms with Gasteiger partial charge in [-0.15, -0.1) is 0 Å². The summed E-state index contributed by atoms with van der Waals surface area (Å²) >= 11 is 0. The Labute approximate surface area is 146 Å². The van der Waals surface area contributed by atoms with E-state index in [1.54, 1.807) is 13.2 Å². The number of methoxy groups -OCH3 is 1. The molecule has 0 bridgehead atoms. The molecule has 0 aliphatic rings. The Kier molecular flexibility index (Phi) is 7.08. The number of nitrogens with zero attached hydrogens (tertiary/aromatic N) is 1. The third-order valence-electron chi connectivity index (χ3n) is 3.43. The molecule has 5 nitrogen and oxygen atoms in total. The zero-order valence-corrected chi connectivity index (χ0v) is 16.2. The van der Waals surface area contributed by atoms with Crippen LogP contribution in [0.3, 0.4) is 0 Å². The normalized spacial score (nSPS) is 13.0. The van der Waals surface area contributed by atoms with Gasteiger partial charge in [0.1, 0.15) is 5.75 Å². The van der Waals surface area contributed by atoms with E-state index >= 15 is 0 Å². The highest BCUT2D eigenvalue weighted by molar-refractivity contribution is 5.95. The Hall–Kier alpha value is -1.75. The van der Waals surface area contributed by atoms with E-state index in [9.17, 15) is 5.11 Å². The van der Waals surface area contributed by atoms with Crippen molar-refractivity contribution in [2.75, 3.05) is 32.1 Å². The molecule has 0 unspecified atom stereocenters. The third kappa shape index (κ3) is 7.21. The van der Waals surface area contributed by atoms with Crippen molar-refractivity contribution in [3.05, 3.63) is 23.8 Å². The van der Waals surface area contributed by atoms with Gasteiger partial charge in [-0.05, 0) is 28.5 Å². The number of anilines is 1. The molecular weight excluding hydrogens is 302 g/mol. The standard InChI is InChI=1S/C19H33N3O2/c1-18(2,3)13-21-17(20-10-11-24-7)22-15-12-14(19(4,5)6)8-9-16(15)23/h8-9,12,23H,10-11,13H2,1-7H3,(H2,20,21,22). The van der Waals surface area contributed by atoms with Crippen LogP contribution in [0.2, 0.25) is 0 Å². The summed E-state index contributed by atoms with van der Waals surface area (Å²) in [6, 6.07) is 5.64. The van der Waals surface area contributed by atoms with Gasteiger partial charge in [-0.1, -0.05) is 47.6 Å². The molecule has 0 saturated carbocycles. The van der Waals surface area contributed by atoms with E-state index < -0.39 is 0 Å². The first-order valence-electron chi connectivity index (χ1n) is 8.41. The molecular formula is C19H33N3O2. The predicted molar refractivity (Wildman–Crippen MR) is 102 cm³/mol. The summed E-state index contributed by atoms with van der Waals surface area (Å²) < 4.78 is 5.08. The van der Waals surface area contributed by atoms with E-state index in [4.69, 9.17) is 4.74 Å². The van der Waals surface area contributed by atoms with Crippen molar-refractivity contribution in [3.63, 3.8) is 0 Å². The summed E-state index contributed by atoms with van der Waals surface area (Å²) in [6.45, 7) is 14.8. The van der Waals surface area contributed by atoms with Crippen molar-refractivity contribution >= 4 is 11.6 Å². The van der Waals surface area contributed by atoms with Gasteiger partial charge in [0.2, 0.25) is 0 Å². The topological polar surface area (TPSA) is 65.9 Å². The zero-order chi connectivity index (χ0) is 18.4. The fourth-order valence-corrected chi connectivity index (χ4v) is 1.96. The van der Waals surface area contributed by atoms with Crippen LogP contribution in [0.1, 0.15) is 47.1 Å². The molecule has 1 aromatic rings. The van der Waals surface area contributed by atoms with E-state index in [-0.39, 0.29) is 16.6 Å². The Balaban J connectivity index is 3.00. The summed E-state index contributed by atoms with van der Waals surface area (Å²) in [5.41, 5.74) is 1.90. The van der Waals surface area contributed by atoms with Crippen LogP contribution in [-0.4, -0.2) is 37.9 Å².